The predicted molar refractivity (Wildman–Crippen MR) is 118 cm³/mol. The Morgan fingerprint density at radius 2 is 2.03 bits per heavy atom. The molecule has 2 bridgehead atoms. The molecule has 6 nitrogen and oxygen atoms in total. The van der Waals surface area contributed by atoms with Gasteiger partial charge in [-0.3, -0.25) is 9.36 Å². The highest BCUT2D eigenvalue weighted by atomic mass is 32.2. The van der Waals surface area contributed by atoms with Gasteiger partial charge in [-0.25, -0.2) is 4.39 Å². The maximum Gasteiger partial charge on any atom is 0.235 e. The van der Waals surface area contributed by atoms with Crippen LogP contribution in [-0.2, 0) is 11.4 Å². The van der Waals surface area contributed by atoms with Gasteiger partial charge >= 0.3 is 0 Å². The Morgan fingerprint density at radius 1 is 1.26 bits per heavy atom. The number of carbonyl (C=O) groups is 1. The third-order valence-electron chi connectivity index (χ3n) is 6.82. The van der Waals surface area contributed by atoms with E-state index in [1.165, 1.54) is 43.5 Å². The summed E-state index contributed by atoms with van der Waals surface area (Å²) in [6.45, 7) is 4.25. The van der Waals surface area contributed by atoms with Gasteiger partial charge < -0.3 is 9.64 Å². The average molecular weight is 447 g/mol. The summed E-state index contributed by atoms with van der Waals surface area (Å²) < 4.78 is 21.9. The van der Waals surface area contributed by atoms with E-state index in [9.17, 15) is 9.18 Å². The number of fused-ring (bicyclic) bond motifs is 2. The molecule has 2 aliphatic carbocycles. The molecule has 1 amide bonds. The standard InChI is InChI=1S/C23H31FN4O2S/c1-14(18-12-16-9-10-17(18)11-16)28-21(13-30-20-8-6-5-7-19(20)24)25-26-23(28)31-15(2)22(29)27(3)4/h5-8,14-18H,9-13H2,1-4H3. The topological polar surface area (TPSA) is 60.3 Å². The predicted octanol–water partition coefficient (Wildman–Crippen LogP) is 4.56. The molecule has 0 N–H and O–H groups in total. The van der Waals surface area contributed by atoms with Gasteiger partial charge in [0.15, 0.2) is 22.5 Å². The fourth-order valence-corrected chi connectivity index (χ4v) is 6.35. The van der Waals surface area contributed by atoms with E-state index in [4.69, 9.17) is 4.74 Å². The molecule has 1 aromatic carbocycles. The lowest BCUT2D eigenvalue weighted by molar-refractivity contribution is -0.127. The maximum atomic E-state index is 14.0. The minimum atomic E-state index is -0.394. The molecule has 2 aromatic rings. The summed E-state index contributed by atoms with van der Waals surface area (Å²) in [6, 6.07) is 6.58. The SMILES string of the molecule is CC(Sc1nnc(COc2ccccc2F)n1C(C)C1CC2CCC1C2)C(=O)N(C)C. The van der Waals surface area contributed by atoms with Crippen molar-refractivity contribution in [3.8, 4) is 5.75 Å². The van der Waals surface area contributed by atoms with Crippen LogP contribution in [0.5, 0.6) is 5.75 Å². The second-order valence-corrected chi connectivity index (χ2v) is 10.4. The Kier molecular flexibility index (Phi) is 6.55. The minimum absolute atomic E-state index is 0.0382. The molecule has 0 spiro atoms. The molecule has 0 radical (unpaired) electrons. The van der Waals surface area contributed by atoms with Crippen LogP contribution in [0, 0.1) is 23.6 Å². The zero-order chi connectivity index (χ0) is 22.1. The van der Waals surface area contributed by atoms with Crippen LogP contribution in [-0.4, -0.2) is 44.9 Å². The van der Waals surface area contributed by atoms with E-state index in [1.807, 2.05) is 6.92 Å². The molecule has 31 heavy (non-hydrogen) atoms. The Labute approximate surface area is 187 Å². The van der Waals surface area contributed by atoms with Crippen molar-refractivity contribution in [1.29, 1.82) is 0 Å². The summed E-state index contributed by atoms with van der Waals surface area (Å²) >= 11 is 1.43. The summed E-state index contributed by atoms with van der Waals surface area (Å²) in [5.74, 6) is 2.66. The van der Waals surface area contributed by atoms with Gasteiger partial charge in [-0.05, 0) is 63.0 Å². The number of benzene rings is 1. The van der Waals surface area contributed by atoms with Crippen LogP contribution >= 0.6 is 11.8 Å². The number of hydrogen-bond donors (Lipinski definition) is 0. The van der Waals surface area contributed by atoms with Crippen molar-refractivity contribution in [2.24, 2.45) is 17.8 Å². The first kappa shape index (κ1) is 22.1. The van der Waals surface area contributed by atoms with Gasteiger partial charge in [0.05, 0.1) is 5.25 Å². The maximum absolute atomic E-state index is 14.0. The number of ether oxygens (including phenoxy) is 1. The second-order valence-electron chi connectivity index (χ2n) is 9.06. The smallest absolute Gasteiger partial charge is 0.235 e. The largest absolute Gasteiger partial charge is 0.483 e. The summed E-state index contributed by atoms with van der Waals surface area (Å²) in [6.07, 6.45) is 5.18. The van der Waals surface area contributed by atoms with Gasteiger partial charge in [0.2, 0.25) is 5.91 Å². The van der Waals surface area contributed by atoms with E-state index < -0.39 is 5.82 Å². The highest BCUT2D eigenvalue weighted by Crippen LogP contribution is 2.52. The van der Waals surface area contributed by atoms with Gasteiger partial charge in [-0.1, -0.05) is 30.3 Å². The Bertz CT molecular complexity index is 934. The van der Waals surface area contributed by atoms with E-state index in [1.54, 1.807) is 37.2 Å². The van der Waals surface area contributed by atoms with Crippen molar-refractivity contribution in [2.75, 3.05) is 14.1 Å². The molecule has 5 unspecified atom stereocenters. The van der Waals surface area contributed by atoms with Crippen molar-refractivity contribution in [3.05, 3.63) is 35.9 Å². The Morgan fingerprint density at radius 3 is 2.68 bits per heavy atom. The van der Waals surface area contributed by atoms with Gasteiger partial charge in [0, 0.05) is 20.1 Å². The molecule has 1 heterocycles. The molecule has 0 aliphatic heterocycles. The summed E-state index contributed by atoms with van der Waals surface area (Å²) in [5, 5.41) is 9.27. The quantitative estimate of drug-likeness (QED) is 0.556. The monoisotopic (exact) mass is 446 g/mol. The lowest BCUT2D eigenvalue weighted by atomic mass is 9.84. The van der Waals surface area contributed by atoms with E-state index >= 15 is 0 Å². The number of carbonyl (C=O) groups excluding carboxylic acids is 1. The first-order valence-electron chi connectivity index (χ1n) is 11.0. The summed E-state index contributed by atoms with van der Waals surface area (Å²) in [5.41, 5.74) is 0. The molecule has 168 valence electrons. The third-order valence-corrected chi connectivity index (χ3v) is 7.86. The van der Waals surface area contributed by atoms with Gasteiger partial charge in [0.1, 0.15) is 6.61 Å². The minimum Gasteiger partial charge on any atom is -0.483 e. The van der Waals surface area contributed by atoms with Crippen LogP contribution in [0.3, 0.4) is 0 Å². The lowest BCUT2D eigenvalue weighted by Crippen LogP contribution is -2.30. The lowest BCUT2D eigenvalue weighted by Gasteiger charge is -2.30. The number of nitrogens with zero attached hydrogens (tertiary/aromatic N) is 4. The van der Waals surface area contributed by atoms with Gasteiger partial charge in [-0.2, -0.15) is 0 Å². The number of rotatable bonds is 8. The number of thioether (sulfide) groups is 1. The Balaban J connectivity index is 1.59. The van der Waals surface area contributed by atoms with E-state index in [-0.39, 0.29) is 29.6 Å². The number of amides is 1. The molecular weight excluding hydrogens is 415 g/mol. The number of para-hydroxylation sites is 1. The van der Waals surface area contributed by atoms with E-state index in [0.29, 0.717) is 11.7 Å². The highest BCUT2D eigenvalue weighted by molar-refractivity contribution is 8.00. The molecule has 4 rings (SSSR count). The fourth-order valence-electron chi connectivity index (χ4n) is 5.25. The number of hydrogen-bond acceptors (Lipinski definition) is 5. The van der Waals surface area contributed by atoms with Gasteiger partial charge in [0.25, 0.3) is 0 Å². The summed E-state index contributed by atoms with van der Waals surface area (Å²) in [7, 11) is 3.52. The van der Waals surface area contributed by atoms with Gasteiger partial charge in [-0.15, -0.1) is 10.2 Å². The number of halogens is 1. The van der Waals surface area contributed by atoms with Crippen molar-refractivity contribution >= 4 is 17.7 Å². The molecule has 8 heteroatoms. The van der Waals surface area contributed by atoms with Crippen molar-refractivity contribution in [1.82, 2.24) is 19.7 Å². The first-order chi connectivity index (χ1) is 14.8. The van der Waals surface area contributed by atoms with Crippen LogP contribution < -0.4 is 4.74 Å². The highest BCUT2D eigenvalue weighted by Gasteiger charge is 2.43. The van der Waals surface area contributed by atoms with Crippen molar-refractivity contribution in [3.63, 3.8) is 0 Å². The zero-order valence-corrected chi connectivity index (χ0v) is 19.4. The zero-order valence-electron chi connectivity index (χ0n) is 18.6. The molecule has 2 saturated carbocycles. The normalized spacial score (nSPS) is 24.2. The van der Waals surface area contributed by atoms with E-state index in [2.05, 4.69) is 21.7 Å². The van der Waals surface area contributed by atoms with Crippen LogP contribution in [0.15, 0.2) is 29.4 Å². The van der Waals surface area contributed by atoms with E-state index in [0.717, 1.165) is 17.0 Å². The van der Waals surface area contributed by atoms with Crippen LogP contribution in [0.2, 0.25) is 0 Å². The molecule has 1 aromatic heterocycles. The van der Waals surface area contributed by atoms with Crippen LogP contribution in [0.25, 0.3) is 0 Å². The van der Waals surface area contributed by atoms with Crippen LogP contribution in [0.4, 0.5) is 4.39 Å². The average Bonchev–Trinajstić information content (AvgIpc) is 3.48. The molecule has 5 atom stereocenters. The molecule has 0 saturated heterocycles. The first-order valence-corrected chi connectivity index (χ1v) is 11.9. The van der Waals surface area contributed by atoms with Crippen molar-refractivity contribution < 1.29 is 13.9 Å². The number of aromatic nitrogens is 3. The Hall–Kier alpha value is -2.09. The molecule has 2 fully saturated rings. The molecule has 2 aliphatic rings. The van der Waals surface area contributed by atoms with Crippen molar-refractivity contribution in [2.45, 2.75) is 62.6 Å². The molecular formula is C23H31FN4O2S. The van der Waals surface area contributed by atoms with Crippen LogP contribution in [0.1, 0.15) is 51.4 Å². The summed E-state index contributed by atoms with van der Waals surface area (Å²) in [4.78, 5) is 14.0. The second kappa shape index (κ2) is 9.18. The fraction of sp³-hybridized carbons (Fsp3) is 0.609. The third kappa shape index (κ3) is 4.59.